The summed E-state index contributed by atoms with van der Waals surface area (Å²) in [5.74, 6) is 0.628. The van der Waals surface area contributed by atoms with Gasteiger partial charge in [0.15, 0.2) is 0 Å². The van der Waals surface area contributed by atoms with Crippen molar-refractivity contribution in [3.8, 4) is 5.75 Å². The van der Waals surface area contributed by atoms with Crippen LogP contribution in [0, 0.1) is 0 Å². The molecule has 1 aromatic rings. The normalized spacial score (nSPS) is 13.8. The molecule has 5 heteroatoms. The van der Waals surface area contributed by atoms with Crippen molar-refractivity contribution in [2.24, 2.45) is 5.73 Å². The molecular weight excluding hydrogens is 252 g/mol. The Morgan fingerprint density at radius 1 is 1.50 bits per heavy atom. The van der Waals surface area contributed by atoms with Gasteiger partial charge in [0.05, 0.1) is 6.54 Å². The van der Waals surface area contributed by atoms with E-state index >= 15 is 0 Å². The van der Waals surface area contributed by atoms with Crippen molar-refractivity contribution in [1.29, 1.82) is 0 Å². The minimum Gasteiger partial charge on any atom is -0.489 e. The molecule has 1 aromatic carbocycles. The first-order valence-electron chi connectivity index (χ1n) is 5.92. The van der Waals surface area contributed by atoms with E-state index in [0.29, 0.717) is 23.7 Å². The van der Waals surface area contributed by atoms with Gasteiger partial charge >= 0.3 is 0 Å². The summed E-state index contributed by atoms with van der Waals surface area (Å²) in [4.78, 5) is 11.4. The summed E-state index contributed by atoms with van der Waals surface area (Å²) >= 11 is 5.85. The second-order valence-corrected chi connectivity index (χ2v) is 4.81. The molecule has 0 aliphatic heterocycles. The standard InChI is InChI=1S/C13H19ClN2O2/c1-9(15)6-13(17)16-8-10(2)18-12-5-3-4-11(14)7-12/h3-5,7,9-10H,6,8,15H2,1-2H3,(H,16,17). The van der Waals surface area contributed by atoms with E-state index in [4.69, 9.17) is 22.1 Å². The Morgan fingerprint density at radius 3 is 2.83 bits per heavy atom. The van der Waals surface area contributed by atoms with E-state index in [0.717, 1.165) is 0 Å². The van der Waals surface area contributed by atoms with Gasteiger partial charge in [-0.1, -0.05) is 17.7 Å². The van der Waals surface area contributed by atoms with Crippen molar-refractivity contribution in [1.82, 2.24) is 5.32 Å². The van der Waals surface area contributed by atoms with Crippen molar-refractivity contribution >= 4 is 17.5 Å². The van der Waals surface area contributed by atoms with Crippen molar-refractivity contribution in [2.45, 2.75) is 32.4 Å². The second kappa shape index (κ2) is 7.24. The minimum absolute atomic E-state index is 0.0634. The summed E-state index contributed by atoms with van der Waals surface area (Å²) in [6.45, 7) is 4.12. The highest BCUT2D eigenvalue weighted by Gasteiger charge is 2.08. The van der Waals surface area contributed by atoms with E-state index in [1.165, 1.54) is 0 Å². The highest BCUT2D eigenvalue weighted by molar-refractivity contribution is 6.30. The second-order valence-electron chi connectivity index (χ2n) is 4.37. The largest absolute Gasteiger partial charge is 0.489 e. The molecule has 0 aliphatic carbocycles. The van der Waals surface area contributed by atoms with E-state index in [1.807, 2.05) is 19.1 Å². The molecule has 18 heavy (non-hydrogen) atoms. The zero-order valence-electron chi connectivity index (χ0n) is 10.7. The first kappa shape index (κ1) is 14.8. The van der Waals surface area contributed by atoms with Gasteiger partial charge in [-0.2, -0.15) is 0 Å². The van der Waals surface area contributed by atoms with Gasteiger partial charge in [-0.05, 0) is 32.0 Å². The van der Waals surface area contributed by atoms with Crippen molar-refractivity contribution in [3.63, 3.8) is 0 Å². The summed E-state index contributed by atoms with van der Waals surface area (Å²) in [6.07, 6.45) is 0.199. The molecule has 0 fully saturated rings. The molecule has 1 amide bonds. The van der Waals surface area contributed by atoms with Gasteiger partial charge in [0.25, 0.3) is 0 Å². The van der Waals surface area contributed by atoms with Crippen LogP contribution in [-0.4, -0.2) is 24.6 Å². The third-order valence-corrected chi connectivity index (χ3v) is 2.46. The molecule has 4 nitrogen and oxygen atoms in total. The fourth-order valence-corrected chi connectivity index (χ4v) is 1.62. The lowest BCUT2D eigenvalue weighted by Gasteiger charge is -2.16. The Bertz CT molecular complexity index is 396. The molecule has 3 N–H and O–H groups in total. The fraction of sp³-hybridized carbons (Fsp3) is 0.462. The molecule has 2 unspecified atom stereocenters. The van der Waals surface area contributed by atoms with Crippen LogP contribution in [0.2, 0.25) is 5.02 Å². The van der Waals surface area contributed by atoms with Crippen molar-refractivity contribution in [2.75, 3.05) is 6.54 Å². The number of hydrogen-bond donors (Lipinski definition) is 2. The number of carbonyl (C=O) groups excluding carboxylic acids is 1. The zero-order chi connectivity index (χ0) is 13.5. The van der Waals surface area contributed by atoms with Crippen LogP contribution in [0.4, 0.5) is 0 Å². The maximum Gasteiger partial charge on any atom is 0.221 e. The molecule has 0 spiro atoms. The Morgan fingerprint density at radius 2 is 2.22 bits per heavy atom. The molecule has 0 heterocycles. The Labute approximate surface area is 112 Å². The average Bonchev–Trinajstić information content (AvgIpc) is 2.25. The van der Waals surface area contributed by atoms with Crippen LogP contribution in [0.1, 0.15) is 20.3 Å². The fourth-order valence-electron chi connectivity index (χ4n) is 1.44. The highest BCUT2D eigenvalue weighted by Crippen LogP contribution is 2.18. The van der Waals surface area contributed by atoms with E-state index in [1.54, 1.807) is 19.1 Å². The molecule has 0 saturated heterocycles. The molecule has 1 rings (SSSR count). The van der Waals surface area contributed by atoms with Crippen LogP contribution >= 0.6 is 11.6 Å². The average molecular weight is 271 g/mol. The van der Waals surface area contributed by atoms with Gasteiger partial charge in [-0.15, -0.1) is 0 Å². The van der Waals surface area contributed by atoms with E-state index in [-0.39, 0.29) is 18.1 Å². The molecule has 100 valence electrons. The van der Waals surface area contributed by atoms with Gasteiger partial charge in [0, 0.05) is 17.5 Å². The Hall–Kier alpha value is -1.26. The summed E-state index contributed by atoms with van der Waals surface area (Å²) in [6, 6.07) is 7.03. The number of nitrogens with two attached hydrogens (primary N) is 1. The first-order chi connectivity index (χ1) is 8.47. The lowest BCUT2D eigenvalue weighted by molar-refractivity contribution is -0.121. The number of benzene rings is 1. The van der Waals surface area contributed by atoms with Gasteiger partial charge in [-0.3, -0.25) is 4.79 Å². The van der Waals surface area contributed by atoms with Gasteiger partial charge in [0.1, 0.15) is 11.9 Å². The van der Waals surface area contributed by atoms with Crippen LogP contribution in [0.25, 0.3) is 0 Å². The lowest BCUT2D eigenvalue weighted by atomic mass is 10.2. The van der Waals surface area contributed by atoms with Crippen LogP contribution in [0.15, 0.2) is 24.3 Å². The topological polar surface area (TPSA) is 64.4 Å². The zero-order valence-corrected chi connectivity index (χ0v) is 11.4. The van der Waals surface area contributed by atoms with E-state index in [9.17, 15) is 4.79 Å². The summed E-state index contributed by atoms with van der Waals surface area (Å²) in [7, 11) is 0. The highest BCUT2D eigenvalue weighted by atomic mass is 35.5. The first-order valence-corrected chi connectivity index (χ1v) is 6.29. The quantitative estimate of drug-likeness (QED) is 0.831. The smallest absolute Gasteiger partial charge is 0.221 e. The maximum atomic E-state index is 11.4. The van der Waals surface area contributed by atoms with Crippen LogP contribution < -0.4 is 15.8 Å². The van der Waals surface area contributed by atoms with Crippen LogP contribution in [0.5, 0.6) is 5.75 Å². The monoisotopic (exact) mass is 270 g/mol. The molecule has 0 bridgehead atoms. The number of nitrogens with one attached hydrogen (secondary N) is 1. The van der Waals surface area contributed by atoms with Gasteiger partial charge in [-0.25, -0.2) is 0 Å². The molecule has 0 aromatic heterocycles. The summed E-state index contributed by atoms with van der Waals surface area (Å²) < 4.78 is 5.62. The maximum absolute atomic E-state index is 11.4. The van der Waals surface area contributed by atoms with E-state index in [2.05, 4.69) is 5.32 Å². The molecule has 0 radical (unpaired) electrons. The molecule has 2 atom stereocenters. The number of ether oxygens (including phenoxy) is 1. The van der Waals surface area contributed by atoms with Crippen molar-refractivity contribution in [3.05, 3.63) is 29.3 Å². The summed E-state index contributed by atoms with van der Waals surface area (Å²) in [5.41, 5.74) is 5.53. The van der Waals surface area contributed by atoms with Gasteiger partial charge in [0.2, 0.25) is 5.91 Å². The molecular formula is C13H19ClN2O2. The predicted molar refractivity (Wildman–Crippen MR) is 72.8 cm³/mol. The predicted octanol–water partition coefficient (Wildman–Crippen LogP) is 1.96. The molecule has 0 aliphatic rings. The lowest BCUT2D eigenvalue weighted by Crippen LogP contribution is -2.36. The van der Waals surface area contributed by atoms with Gasteiger partial charge < -0.3 is 15.8 Å². The number of amides is 1. The minimum atomic E-state index is -0.130. The number of hydrogen-bond acceptors (Lipinski definition) is 3. The number of carbonyl (C=O) groups is 1. The van der Waals surface area contributed by atoms with Crippen molar-refractivity contribution < 1.29 is 9.53 Å². The third-order valence-electron chi connectivity index (χ3n) is 2.23. The Kier molecular flexibility index (Phi) is 5.95. The SMILES string of the molecule is CC(N)CC(=O)NCC(C)Oc1cccc(Cl)c1. The van der Waals surface area contributed by atoms with Crippen LogP contribution in [0.3, 0.4) is 0 Å². The Balaban J connectivity index is 2.33. The summed E-state index contributed by atoms with van der Waals surface area (Å²) in [5, 5.41) is 3.40. The number of rotatable bonds is 6. The van der Waals surface area contributed by atoms with E-state index < -0.39 is 0 Å². The molecule has 0 saturated carbocycles. The third kappa shape index (κ3) is 5.89. The number of halogens is 1. The van der Waals surface area contributed by atoms with Crippen LogP contribution in [-0.2, 0) is 4.79 Å².